The summed E-state index contributed by atoms with van der Waals surface area (Å²) < 4.78 is 1.81. The van der Waals surface area contributed by atoms with Crippen LogP contribution in [0.1, 0.15) is 10.4 Å². The van der Waals surface area contributed by atoms with E-state index in [0.717, 1.165) is 12.2 Å². The van der Waals surface area contributed by atoms with Crippen LogP contribution in [0.15, 0.2) is 36.7 Å². The first-order chi connectivity index (χ1) is 8.66. The van der Waals surface area contributed by atoms with Crippen molar-refractivity contribution in [3.05, 3.63) is 42.2 Å². The van der Waals surface area contributed by atoms with Crippen molar-refractivity contribution < 1.29 is 9.90 Å². The maximum absolute atomic E-state index is 10.8. The largest absolute Gasteiger partial charge is 0.478 e. The lowest BCUT2D eigenvalue weighted by molar-refractivity contribution is 0.0698. The molecule has 0 unspecified atom stereocenters. The van der Waals surface area contributed by atoms with Gasteiger partial charge >= 0.3 is 5.97 Å². The molecule has 0 spiro atoms. The van der Waals surface area contributed by atoms with Crippen LogP contribution in [-0.2, 0) is 6.54 Å². The molecule has 4 N–H and O–H groups in total. The topological polar surface area (TPSA) is 93.2 Å². The second-order valence-corrected chi connectivity index (χ2v) is 3.80. The summed E-state index contributed by atoms with van der Waals surface area (Å²) in [7, 11) is 0. The highest BCUT2D eigenvalue weighted by molar-refractivity contribution is 5.94. The average Bonchev–Trinajstić information content (AvgIpc) is 2.81. The number of aromatic nitrogens is 2. The molecule has 1 heterocycles. The fourth-order valence-electron chi connectivity index (χ4n) is 1.61. The van der Waals surface area contributed by atoms with Crippen molar-refractivity contribution in [2.75, 3.05) is 17.6 Å². The summed E-state index contributed by atoms with van der Waals surface area (Å²) in [4.78, 5) is 10.8. The maximum Gasteiger partial charge on any atom is 0.337 e. The van der Waals surface area contributed by atoms with Gasteiger partial charge in [-0.05, 0) is 24.3 Å². The summed E-state index contributed by atoms with van der Waals surface area (Å²) in [6, 6.07) is 6.67. The molecule has 0 aliphatic carbocycles. The first-order valence-electron chi connectivity index (χ1n) is 5.51. The van der Waals surface area contributed by atoms with Crippen LogP contribution in [0.25, 0.3) is 0 Å². The van der Waals surface area contributed by atoms with Gasteiger partial charge < -0.3 is 16.2 Å². The predicted octanol–water partition coefficient (Wildman–Crippen LogP) is 1.28. The van der Waals surface area contributed by atoms with Gasteiger partial charge in [0.1, 0.15) is 0 Å². The van der Waals surface area contributed by atoms with E-state index in [9.17, 15) is 4.79 Å². The van der Waals surface area contributed by atoms with E-state index in [-0.39, 0.29) is 11.3 Å². The predicted molar refractivity (Wildman–Crippen MR) is 68.5 cm³/mol. The Balaban J connectivity index is 1.94. The van der Waals surface area contributed by atoms with Gasteiger partial charge in [0.25, 0.3) is 0 Å². The number of nitrogens with zero attached hydrogens (tertiary/aromatic N) is 2. The van der Waals surface area contributed by atoms with Crippen molar-refractivity contribution in [1.29, 1.82) is 0 Å². The van der Waals surface area contributed by atoms with Crippen molar-refractivity contribution in [2.24, 2.45) is 0 Å². The van der Waals surface area contributed by atoms with E-state index < -0.39 is 5.97 Å². The van der Waals surface area contributed by atoms with Crippen molar-refractivity contribution >= 4 is 17.3 Å². The van der Waals surface area contributed by atoms with Gasteiger partial charge in [-0.25, -0.2) is 4.79 Å². The second-order valence-electron chi connectivity index (χ2n) is 3.80. The first kappa shape index (κ1) is 12.0. The Hall–Kier alpha value is -2.50. The molecule has 0 fully saturated rings. The highest BCUT2D eigenvalue weighted by atomic mass is 16.4. The number of carboxylic acid groups (broad SMARTS) is 1. The SMILES string of the molecule is Nc1cc(NCCn2cccn2)ccc1C(=O)O. The first-order valence-corrected chi connectivity index (χ1v) is 5.51. The van der Waals surface area contributed by atoms with E-state index in [2.05, 4.69) is 10.4 Å². The summed E-state index contributed by atoms with van der Waals surface area (Å²) in [5.74, 6) is -1.02. The van der Waals surface area contributed by atoms with Crippen LogP contribution in [-0.4, -0.2) is 27.4 Å². The number of nitrogens with one attached hydrogen (secondary N) is 1. The molecule has 18 heavy (non-hydrogen) atoms. The van der Waals surface area contributed by atoms with Crippen molar-refractivity contribution in [2.45, 2.75) is 6.54 Å². The van der Waals surface area contributed by atoms with Gasteiger partial charge in [-0.2, -0.15) is 5.10 Å². The number of carboxylic acids is 1. The number of nitrogen functional groups attached to an aromatic ring is 1. The van der Waals surface area contributed by atoms with Gasteiger partial charge in [0.2, 0.25) is 0 Å². The minimum absolute atomic E-state index is 0.118. The molecule has 0 aliphatic rings. The highest BCUT2D eigenvalue weighted by Crippen LogP contribution is 2.17. The van der Waals surface area contributed by atoms with E-state index in [1.54, 1.807) is 18.3 Å². The Bertz CT molecular complexity index is 537. The Morgan fingerprint density at radius 2 is 2.33 bits per heavy atom. The van der Waals surface area contributed by atoms with E-state index in [4.69, 9.17) is 10.8 Å². The smallest absolute Gasteiger partial charge is 0.337 e. The van der Waals surface area contributed by atoms with Crippen molar-refractivity contribution in [3.63, 3.8) is 0 Å². The lowest BCUT2D eigenvalue weighted by Crippen LogP contribution is -2.11. The summed E-state index contributed by atoms with van der Waals surface area (Å²) in [6.45, 7) is 1.42. The normalized spacial score (nSPS) is 10.2. The summed E-state index contributed by atoms with van der Waals surface area (Å²) in [5, 5.41) is 16.1. The van der Waals surface area contributed by atoms with Gasteiger partial charge in [-0.15, -0.1) is 0 Å². The average molecular weight is 246 g/mol. The van der Waals surface area contributed by atoms with Crippen LogP contribution in [0.3, 0.4) is 0 Å². The fourth-order valence-corrected chi connectivity index (χ4v) is 1.61. The minimum Gasteiger partial charge on any atom is -0.478 e. The third-order valence-corrected chi connectivity index (χ3v) is 2.51. The van der Waals surface area contributed by atoms with Crippen LogP contribution in [0.2, 0.25) is 0 Å². The third kappa shape index (κ3) is 2.79. The number of benzene rings is 1. The van der Waals surface area contributed by atoms with Gasteiger partial charge in [0, 0.05) is 30.3 Å². The summed E-state index contributed by atoms with van der Waals surface area (Å²) in [5.41, 5.74) is 6.82. The van der Waals surface area contributed by atoms with Crippen LogP contribution >= 0.6 is 0 Å². The Morgan fingerprint density at radius 1 is 1.50 bits per heavy atom. The van der Waals surface area contributed by atoms with E-state index in [1.165, 1.54) is 6.07 Å². The standard InChI is InChI=1S/C12H14N4O2/c13-11-8-9(2-3-10(11)12(17)18)14-5-7-16-6-1-4-15-16/h1-4,6,8,14H,5,7,13H2,(H,17,18). The number of hydrogen-bond donors (Lipinski definition) is 3. The Morgan fingerprint density at radius 3 is 2.94 bits per heavy atom. The Labute approximate surface area is 104 Å². The maximum atomic E-state index is 10.8. The van der Waals surface area contributed by atoms with E-state index in [0.29, 0.717) is 6.54 Å². The van der Waals surface area contributed by atoms with Crippen LogP contribution in [0.4, 0.5) is 11.4 Å². The van der Waals surface area contributed by atoms with Gasteiger partial charge in [-0.3, -0.25) is 4.68 Å². The number of nitrogens with two attached hydrogens (primary N) is 1. The number of rotatable bonds is 5. The molecule has 0 aliphatic heterocycles. The van der Waals surface area contributed by atoms with E-state index in [1.807, 2.05) is 16.9 Å². The molecular formula is C12H14N4O2. The molecular weight excluding hydrogens is 232 g/mol. The quantitative estimate of drug-likeness (QED) is 0.691. The van der Waals surface area contributed by atoms with Gasteiger partial charge in [-0.1, -0.05) is 0 Å². The number of hydrogen-bond acceptors (Lipinski definition) is 4. The lowest BCUT2D eigenvalue weighted by atomic mass is 10.1. The molecule has 6 heteroatoms. The molecule has 1 aromatic carbocycles. The lowest BCUT2D eigenvalue weighted by Gasteiger charge is -2.08. The molecule has 0 saturated heterocycles. The van der Waals surface area contributed by atoms with Crippen LogP contribution < -0.4 is 11.1 Å². The minimum atomic E-state index is -1.02. The zero-order chi connectivity index (χ0) is 13.0. The molecule has 0 bridgehead atoms. The molecule has 94 valence electrons. The molecule has 0 radical (unpaired) electrons. The zero-order valence-electron chi connectivity index (χ0n) is 9.71. The highest BCUT2D eigenvalue weighted by Gasteiger charge is 2.07. The third-order valence-electron chi connectivity index (χ3n) is 2.51. The molecule has 0 saturated carbocycles. The van der Waals surface area contributed by atoms with Gasteiger partial charge in [0.05, 0.1) is 12.1 Å². The molecule has 6 nitrogen and oxygen atoms in total. The molecule has 0 atom stereocenters. The molecule has 0 amide bonds. The monoisotopic (exact) mass is 246 g/mol. The fraction of sp³-hybridized carbons (Fsp3) is 0.167. The number of carbonyl (C=O) groups is 1. The summed E-state index contributed by atoms with van der Waals surface area (Å²) >= 11 is 0. The van der Waals surface area contributed by atoms with Gasteiger partial charge in [0.15, 0.2) is 0 Å². The molecule has 2 aromatic rings. The van der Waals surface area contributed by atoms with Crippen LogP contribution in [0.5, 0.6) is 0 Å². The number of anilines is 2. The summed E-state index contributed by atoms with van der Waals surface area (Å²) in [6.07, 6.45) is 3.60. The molecule has 1 aromatic heterocycles. The molecule has 2 rings (SSSR count). The second kappa shape index (κ2) is 5.22. The van der Waals surface area contributed by atoms with Crippen molar-refractivity contribution in [3.8, 4) is 0 Å². The van der Waals surface area contributed by atoms with Crippen LogP contribution in [0, 0.1) is 0 Å². The van der Waals surface area contributed by atoms with E-state index >= 15 is 0 Å². The van der Waals surface area contributed by atoms with Crippen molar-refractivity contribution in [1.82, 2.24) is 9.78 Å². The number of aromatic carboxylic acids is 1. The Kier molecular flexibility index (Phi) is 3.47. The zero-order valence-corrected chi connectivity index (χ0v) is 9.71.